The topological polar surface area (TPSA) is 121 Å². The molecule has 0 bridgehead atoms. The van der Waals surface area contributed by atoms with Crippen LogP contribution in [0, 0.1) is 11.7 Å². The third-order valence-electron chi connectivity index (χ3n) is 7.25. The van der Waals surface area contributed by atoms with E-state index >= 15 is 0 Å². The Morgan fingerprint density at radius 3 is 2.76 bits per heavy atom. The molecule has 1 saturated carbocycles. The Bertz CT molecular complexity index is 872. The SMILES string of the molecule is CNCC(O)C(CC1CCCCC1)NC(=O)N1CCO[C@@H]([C@@H](OCCNC(=O)OC)c2cccc(F)c2)C1. The highest BCUT2D eigenvalue weighted by Crippen LogP contribution is 2.29. The average molecular weight is 539 g/mol. The quantitative estimate of drug-likeness (QED) is 0.302. The standard InChI is InChI=1S/C27H43FN4O6/c1-29-17-23(33)22(15-19-7-4-3-5-8-19)31-26(34)32-12-14-37-24(18-32)25(20-9-6-10-21(28)16-20)38-13-11-30-27(35)36-2/h6,9-10,16,19,22-25,29,33H,3-5,7-8,11-15,17-18H2,1-2H3,(H,30,35)(H,31,34)/t22?,23?,24-,25+/m1/s1. The fourth-order valence-corrected chi connectivity index (χ4v) is 5.25. The molecule has 38 heavy (non-hydrogen) atoms. The van der Waals surface area contributed by atoms with Crippen molar-refractivity contribution in [3.05, 3.63) is 35.6 Å². The van der Waals surface area contributed by atoms with Crippen LogP contribution in [-0.4, -0.2) is 93.9 Å². The summed E-state index contributed by atoms with van der Waals surface area (Å²) in [6.45, 7) is 1.64. The average Bonchev–Trinajstić information content (AvgIpc) is 2.93. The van der Waals surface area contributed by atoms with Gasteiger partial charge in [-0.25, -0.2) is 14.0 Å². The van der Waals surface area contributed by atoms with Crippen LogP contribution in [0.2, 0.25) is 0 Å². The van der Waals surface area contributed by atoms with E-state index in [0.29, 0.717) is 31.2 Å². The monoisotopic (exact) mass is 538 g/mol. The normalized spacial score (nSPS) is 20.8. The molecule has 4 atom stereocenters. The molecule has 2 aliphatic rings. The molecule has 1 aromatic carbocycles. The zero-order valence-corrected chi connectivity index (χ0v) is 22.5. The second-order valence-corrected chi connectivity index (χ2v) is 10.0. The summed E-state index contributed by atoms with van der Waals surface area (Å²) in [5.74, 6) is 0.0839. The highest BCUT2D eigenvalue weighted by Gasteiger charge is 2.34. The third-order valence-corrected chi connectivity index (χ3v) is 7.25. The maximum absolute atomic E-state index is 14.0. The molecule has 3 rings (SSSR count). The van der Waals surface area contributed by atoms with Crippen molar-refractivity contribution in [2.75, 3.05) is 53.6 Å². The van der Waals surface area contributed by atoms with E-state index in [1.54, 1.807) is 24.1 Å². The fourth-order valence-electron chi connectivity index (χ4n) is 5.25. The number of carbonyl (C=O) groups excluding carboxylic acids is 2. The highest BCUT2D eigenvalue weighted by molar-refractivity contribution is 5.74. The van der Waals surface area contributed by atoms with Gasteiger partial charge in [-0.05, 0) is 37.1 Å². The number of carbonyl (C=O) groups is 2. The number of aliphatic hydroxyl groups excluding tert-OH is 1. The molecule has 1 saturated heterocycles. The lowest BCUT2D eigenvalue weighted by Crippen LogP contribution is -2.56. The van der Waals surface area contributed by atoms with E-state index in [4.69, 9.17) is 9.47 Å². The Kier molecular flexibility index (Phi) is 12.5. The van der Waals surface area contributed by atoms with Crippen molar-refractivity contribution in [2.24, 2.45) is 5.92 Å². The molecule has 1 heterocycles. The lowest BCUT2D eigenvalue weighted by molar-refractivity contribution is -0.105. The first kappa shape index (κ1) is 30.1. The molecule has 2 unspecified atom stereocenters. The van der Waals surface area contributed by atoms with Crippen molar-refractivity contribution in [2.45, 2.75) is 62.9 Å². The second-order valence-electron chi connectivity index (χ2n) is 10.0. The zero-order chi connectivity index (χ0) is 27.3. The van der Waals surface area contributed by atoms with E-state index in [-0.39, 0.29) is 31.8 Å². The van der Waals surface area contributed by atoms with E-state index < -0.39 is 30.2 Å². The molecule has 2 fully saturated rings. The minimum absolute atomic E-state index is 0.141. The molecule has 0 aromatic heterocycles. The van der Waals surface area contributed by atoms with Crippen LogP contribution in [0.4, 0.5) is 14.0 Å². The predicted octanol–water partition coefficient (Wildman–Crippen LogP) is 2.57. The number of halogens is 1. The summed E-state index contributed by atoms with van der Waals surface area (Å²) in [7, 11) is 3.06. The minimum atomic E-state index is -0.701. The van der Waals surface area contributed by atoms with Gasteiger partial charge in [-0.3, -0.25) is 0 Å². The number of methoxy groups -OCH3 is 1. The van der Waals surface area contributed by atoms with Crippen LogP contribution >= 0.6 is 0 Å². The number of morpholine rings is 1. The van der Waals surface area contributed by atoms with E-state index in [9.17, 15) is 19.1 Å². The molecule has 0 spiro atoms. The van der Waals surface area contributed by atoms with Crippen molar-refractivity contribution in [3.63, 3.8) is 0 Å². The molecule has 11 heteroatoms. The largest absolute Gasteiger partial charge is 0.453 e. The molecule has 0 radical (unpaired) electrons. The number of urea groups is 1. The number of nitrogens with zero attached hydrogens (tertiary/aromatic N) is 1. The van der Waals surface area contributed by atoms with Crippen molar-refractivity contribution < 1.29 is 33.3 Å². The second kappa shape index (κ2) is 15.8. The van der Waals surface area contributed by atoms with Gasteiger partial charge in [0.25, 0.3) is 0 Å². The van der Waals surface area contributed by atoms with Gasteiger partial charge in [0.05, 0.1) is 39.0 Å². The van der Waals surface area contributed by atoms with Gasteiger partial charge in [0.2, 0.25) is 0 Å². The number of ether oxygens (including phenoxy) is 3. The van der Waals surface area contributed by atoms with Crippen LogP contribution in [0.15, 0.2) is 24.3 Å². The summed E-state index contributed by atoms with van der Waals surface area (Å²) in [5, 5.41) is 19.4. The number of hydrogen-bond donors (Lipinski definition) is 4. The summed E-state index contributed by atoms with van der Waals surface area (Å²) in [4.78, 5) is 26.4. The maximum atomic E-state index is 14.0. The number of aliphatic hydroxyl groups is 1. The van der Waals surface area contributed by atoms with Gasteiger partial charge < -0.3 is 40.2 Å². The van der Waals surface area contributed by atoms with E-state index in [1.807, 2.05) is 0 Å². The van der Waals surface area contributed by atoms with Crippen molar-refractivity contribution in [1.29, 1.82) is 0 Å². The van der Waals surface area contributed by atoms with E-state index in [0.717, 1.165) is 19.3 Å². The van der Waals surface area contributed by atoms with Gasteiger partial charge in [-0.1, -0.05) is 44.2 Å². The Labute approximate surface area is 224 Å². The summed E-state index contributed by atoms with van der Waals surface area (Å²) in [5.41, 5.74) is 0.579. The minimum Gasteiger partial charge on any atom is -0.453 e. The number of amides is 3. The van der Waals surface area contributed by atoms with Crippen LogP contribution in [0.25, 0.3) is 0 Å². The van der Waals surface area contributed by atoms with Gasteiger partial charge in [0.1, 0.15) is 18.0 Å². The van der Waals surface area contributed by atoms with Gasteiger partial charge in [-0.2, -0.15) is 0 Å². The molecular formula is C27H43FN4O6. The van der Waals surface area contributed by atoms with Gasteiger partial charge in [0.15, 0.2) is 0 Å². The van der Waals surface area contributed by atoms with Crippen LogP contribution in [0.3, 0.4) is 0 Å². The van der Waals surface area contributed by atoms with Gasteiger partial charge >= 0.3 is 12.1 Å². The first-order valence-electron chi connectivity index (χ1n) is 13.6. The first-order valence-corrected chi connectivity index (χ1v) is 13.6. The van der Waals surface area contributed by atoms with Crippen LogP contribution < -0.4 is 16.0 Å². The summed E-state index contributed by atoms with van der Waals surface area (Å²) >= 11 is 0. The van der Waals surface area contributed by atoms with Gasteiger partial charge in [0, 0.05) is 19.6 Å². The molecule has 3 amide bonds. The van der Waals surface area contributed by atoms with E-state index in [1.165, 1.54) is 38.5 Å². The predicted molar refractivity (Wildman–Crippen MR) is 140 cm³/mol. The first-order chi connectivity index (χ1) is 18.4. The lowest BCUT2D eigenvalue weighted by Gasteiger charge is -2.38. The van der Waals surface area contributed by atoms with Crippen LogP contribution in [0.5, 0.6) is 0 Å². The number of alkyl carbamates (subject to hydrolysis) is 1. The van der Waals surface area contributed by atoms with Crippen molar-refractivity contribution in [1.82, 2.24) is 20.9 Å². The van der Waals surface area contributed by atoms with E-state index in [2.05, 4.69) is 20.7 Å². The number of nitrogens with one attached hydrogen (secondary N) is 3. The molecule has 1 aliphatic heterocycles. The molecule has 10 nitrogen and oxygen atoms in total. The summed E-state index contributed by atoms with van der Waals surface area (Å²) in [6.07, 6.45) is 4.13. The summed E-state index contributed by atoms with van der Waals surface area (Å²) < 4.78 is 30.6. The third kappa shape index (κ3) is 9.37. The number of likely N-dealkylation sites (N-methyl/N-ethyl adjacent to an activating group) is 1. The van der Waals surface area contributed by atoms with Crippen LogP contribution in [0.1, 0.15) is 50.2 Å². The highest BCUT2D eigenvalue weighted by atomic mass is 19.1. The Balaban J connectivity index is 1.66. The fraction of sp³-hybridized carbons (Fsp3) is 0.704. The molecule has 1 aromatic rings. The van der Waals surface area contributed by atoms with Crippen molar-refractivity contribution >= 4 is 12.1 Å². The number of benzene rings is 1. The number of rotatable bonds is 12. The Morgan fingerprint density at radius 2 is 2.05 bits per heavy atom. The Hall–Kier alpha value is -2.47. The van der Waals surface area contributed by atoms with Crippen LogP contribution in [-0.2, 0) is 14.2 Å². The smallest absolute Gasteiger partial charge is 0.406 e. The molecule has 1 aliphatic carbocycles. The lowest BCUT2D eigenvalue weighted by atomic mass is 9.83. The summed E-state index contributed by atoms with van der Waals surface area (Å²) in [6, 6.07) is 5.45. The molecule has 214 valence electrons. The number of hydrogen-bond acceptors (Lipinski definition) is 7. The Morgan fingerprint density at radius 1 is 1.26 bits per heavy atom. The maximum Gasteiger partial charge on any atom is 0.406 e. The van der Waals surface area contributed by atoms with Gasteiger partial charge in [-0.15, -0.1) is 0 Å². The van der Waals surface area contributed by atoms with Crippen molar-refractivity contribution in [3.8, 4) is 0 Å². The molecule has 4 N–H and O–H groups in total. The molecular weight excluding hydrogens is 495 g/mol. The zero-order valence-electron chi connectivity index (χ0n) is 22.5.